The molecule has 2 aromatic carbocycles. The first kappa shape index (κ1) is 23.5. The highest BCUT2D eigenvalue weighted by Crippen LogP contribution is 2.40. The molecule has 9 heteroatoms. The predicted molar refractivity (Wildman–Crippen MR) is 105 cm³/mol. The zero-order valence-corrected chi connectivity index (χ0v) is 17.1. The molecule has 1 heterocycles. The van der Waals surface area contributed by atoms with Crippen LogP contribution >= 0.6 is 23.4 Å². The van der Waals surface area contributed by atoms with Crippen LogP contribution in [0, 0.1) is 12.7 Å². The number of carbonyl (C=O) groups is 1. The van der Waals surface area contributed by atoms with Crippen LogP contribution in [0.5, 0.6) is 0 Å². The van der Waals surface area contributed by atoms with Crippen LogP contribution in [-0.4, -0.2) is 30.3 Å². The van der Waals surface area contributed by atoms with Gasteiger partial charge in [0.25, 0.3) is 0 Å². The van der Waals surface area contributed by atoms with E-state index in [1.807, 2.05) is 31.2 Å². The molecule has 0 aromatic heterocycles. The second kappa shape index (κ2) is 10.3. The number of benzene rings is 2. The fourth-order valence-electron chi connectivity index (χ4n) is 2.92. The lowest BCUT2D eigenvalue weighted by atomic mass is 9.90. The van der Waals surface area contributed by atoms with E-state index in [0.29, 0.717) is 0 Å². The molecule has 3 rings (SSSR count). The molecule has 29 heavy (non-hydrogen) atoms. The van der Waals surface area contributed by atoms with Gasteiger partial charge < -0.3 is 10.4 Å². The first-order chi connectivity index (χ1) is 13.6. The monoisotopic (exact) mass is 449 g/mol. The zero-order chi connectivity index (χ0) is 21.6. The summed E-state index contributed by atoms with van der Waals surface area (Å²) in [6.07, 6.45) is -3.12. The summed E-state index contributed by atoms with van der Waals surface area (Å²) in [6.45, 7) is 3.92. The quantitative estimate of drug-likeness (QED) is 0.561. The van der Waals surface area contributed by atoms with E-state index in [0.717, 1.165) is 51.9 Å². The average molecular weight is 450 g/mol. The van der Waals surface area contributed by atoms with Crippen LogP contribution in [0.25, 0.3) is 0 Å². The average Bonchev–Trinajstić information content (AvgIpc) is 2.64. The number of nitrogens with one attached hydrogen (secondary N) is 1. The summed E-state index contributed by atoms with van der Waals surface area (Å²) in [5.41, 5.74) is 1.98. The van der Waals surface area contributed by atoms with Gasteiger partial charge in [-0.05, 0) is 68.6 Å². The van der Waals surface area contributed by atoms with E-state index in [2.05, 4.69) is 5.32 Å². The van der Waals surface area contributed by atoms with Crippen LogP contribution in [0.2, 0.25) is 5.02 Å². The van der Waals surface area contributed by atoms with E-state index in [9.17, 15) is 17.6 Å². The summed E-state index contributed by atoms with van der Waals surface area (Å²) in [4.78, 5) is 10.9. The second-order valence-electron chi connectivity index (χ2n) is 6.51. The normalized spacial score (nSPS) is 14.8. The van der Waals surface area contributed by atoms with Gasteiger partial charge in [0.1, 0.15) is 5.82 Å². The van der Waals surface area contributed by atoms with E-state index in [1.54, 1.807) is 23.9 Å². The summed E-state index contributed by atoms with van der Waals surface area (Å²) < 4.78 is 46.2. The Bertz CT molecular complexity index is 855. The van der Waals surface area contributed by atoms with Gasteiger partial charge in [-0.15, -0.1) is 0 Å². The van der Waals surface area contributed by atoms with Crippen molar-refractivity contribution in [1.29, 1.82) is 0 Å². The van der Waals surface area contributed by atoms with Crippen molar-refractivity contribution in [3.63, 3.8) is 0 Å². The molecule has 1 aliphatic rings. The van der Waals surface area contributed by atoms with E-state index >= 15 is 0 Å². The third-order valence-electron chi connectivity index (χ3n) is 4.31. The first-order valence-electron chi connectivity index (χ1n) is 8.83. The molecule has 1 aliphatic heterocycles. The molecule has 0 atom stereocenters. The third kappa shape index (κ3) is 6.90. The Kier molecular flexibility index (Phi) is 8.36. The van der Waals surface area contributed by atoms with Crippen LogP contribution in [0.15, 0.2) is 46.2 Å². The molecular weight excluding hydrogens is 430 g/mol. The predicted octanol–water partition coefficient (Wildman–Crippen LogP) is 6.04. The van der Waals surface area contributed by atoms with Crippen molar-refractivity contribution < 1.29 is 27.5 Å². The number of carboxylic acids is 1. The third-order valence-corrected chi connectivity index (χ3v) is 5.89. The van der Waals surface area contributed by atoms with Crippen LogP contribution in [0.1, 0.15) is 29.9 Å². The Balaban J connectivity index is 0.000000370. The highest BCUT2D eigenvalue weighted by molar-refractivity contribution is 7.99. The molecule has 0 spiro atoms. The van der Waals surface area contributed by atoms with Gasteiger partial charge in [-0.3, -0.25) is 0 Å². The first-order valence-corrected chi connectivity index (χ1v) is 10.0. The van der Waals surface area contributed by atoms with Gasteiger partial charge in [0, 0.05) is 15.4 Å². The van der Waals surface area contributed by atoms with Gasteiger partial charge in [-0.1, -0.05) is 35.5 Å². The summed E-state index contributed by atoms with van der Waals surface area (Å²) in [7, 11) is 0. The largest absolute Gasteiger partial charge is 0.490 e. The zero-order valence-electron chi connectivity index (χ0n) is 15.5. The van der Waals surface area contributed by atoms with Crippen molar-refractivity contribution in [3.8, 4) is 0 Å². The number of hydrogen-bond donors (Lipinski definition) is 2. The molecule has 1 saturated heterocycles. The molecule has 3 nitrogen and oxygen atoms in total. The van der Waals surface area contributed by atoms with Crippen molar-refractivity contribution in [1.82, 2.24) is 5.32 Å². The summed E-state index contributed by atoms with van der Waals surface area (Å²) in [5, 5.41) is 11.2. The molecule has 0 saturated carbocycles. The van der Waals surface area contributed by atoms with Crippen molar-refractivity contribution in [2.24, 2.45) is 0 Å². The number of halogens is 5. The van der Waals surface area contributed by atoms with Gasteiger partial charge in [-0.25, -0.2) is 9.18 Å². The molecule has 0 unspecified atom stereocenters. The van der Waals surface area contributed by atoms with Crippen molar-refractivity contribution >= 4 is 29.3 Å². The van der Waals surface area contributed by atoms with E-state index in [-0.39, 0.29) is 11.7 Å². The fraction of sp³-hybridized carbons (Fsp3) is 0.350. The number of hydrogen-bond acceptors (Lipinski definition) is 3. The standard InChI is InChI=1S/C18H19ClFNS.C2HF3O2/c1-12-5-6-16(14(19)11-12)22-17-4-2-3-15(20)18(17)13-7-9-21-10-8-13;3-2(4,5)1(6)7/h2-6,11,13,21H,7-10H2,1H3;(H,6,7). The van der Waals surface area contributed by atoms with Gasteiger partial charge in [0.05, 0.1) is 5.02 Å². The smallest absolute Gasteiger partial charge is 0.475 e. The lowest BCUT2D eigenvalue weighted by Gasteiger charge is -2.25. The molecule has 158 valence electrons. The molecule has 1 fully saturated rings. The number of aryl methyl sites for hydroxylation is 1. The van der Waals surface area contributed by atoms with Crippen molar-refractivity contribution in [2.45, 2.75) is 41.7 Å². The maximum Gasteiger partial charge on any atom is 0.490 e. The molecule has 0 amide bonds. The number of alkyl halides is 3. The topological polar surface area (TPSA) is 49.3 Å². The lowest BCUT2D eigenvalue weighted by Crippen LogP contribution is -2.27. The molecular formula is C20H20ClF4NO2S. The van der Waals surface area contributed by atoms with Crippen LogP contribution in [0.4, 0.5) is 17.6 Å². The van der Waals surface area contributed by atoms with Crippen LogP contribution < -0.4 is 5.32 Å². The number of rotatable bonds is 3. The Morgan fingerprint density at radius 1 is 1.17 bits per heavy atom. The summed E-state index contributed by atoms with van der Waals surface area (Å²) >= 11 is 7.90. The Labute approximate surface area is 175 Å². The van der Waals surface area contributed by atoms with Gasteiger partial charge in [0.2, 0.25) is 0 Å². The van der Waals surface area contributed by atoms with Crippen molar-refractivity contribution in [3.05, 3.63) is 58.4 Å². The number of carboxylic acid groups (broad SMARTS) is 1. The highest BCUT2D eigenvalue weighted by Gasteiger charge is 2.38. The van der Waals surface area contributed by atoms with Crippen LogP contribution in [0.3, 0.4) is 0 Å². The Morgan fingerprint density at radius 2 is 1.79 bits per heavy atom. The van der Waals surface area contributed by atoms with Crippen molar-refractivity contribution in [2.75, 3.05) is 13.1 Å². The SMILES string of the molecule is Cc1ccc(Sc2cccc(F)c2C2CCNCC2)c(Cl)c1.O=C(O)C(F)(F)F. The number of aliphatic carboxylic acids is 1. The summed E-state index contributed by atoms with van der Waals surface area (Å²) in [6, 6.07) is 11.4. The minimum absolute atomic E-state index is 0.0971. The van der Waals surface area contributed by atoms with E-state index < -0.39 is 12.1 Å². The Hall–Kier alpha value is -1.77. The van der Waals surface area contributed by atoms with Gasteiger partial charge in [-0.2, -0.15) is 13.2 Å². The fourth-order valence-corrected chi connectivity index (χ4v) is 4.32. The molecule has 2 N–H and O–H groups in total. The molecule has 2 aromatic rings. The number of piperidine rings is 1. The minimum atomic E-state index is -5.08. The highest BCUT2D eigenvalue weighted by atomic mass is 35.5. The summed E-state index contributed by atoms with van der Waals surface area (Å²) in [5.74, 6) is -2.57. The molecule has 0 radical (unpaired) electrons. The van der Waals surface area contributed by atoms with Crippen LogP contribution in [-0.2, 0) is 4.79 Å². The molecule has 0 aliphatic carbocycles. The minimum Gasteiger partial charge on any atom is -0.475 e. The Morgan fingerprint density at radius 3 is 2.34 bits per heavy atom. The second-order valence-corrected chi connectivity index (χ2v) is 8.01. The maximum absolute atomic E-state index is 14.4. The van der Waals surface area contributed by atoms with E-state index in [1.165, 1.54) is 0 Å². The van der Waals surface area contributed by atoms with Gasteiger partial charge in [0.15, 0.2) is 0 Å². The lowest BCUT2D eigenvalue weighted by molar-refractivity contribution is -0.192. The van der Waals surface area contributed by atoms with E-state index in [4.69, 9.17) is 21.5 Å². The molecule has 0 bridgehead atoms. The maximum atomic E-state index is 14.4. The van der Waals surface area contributed by atoms with Gasteiger partial charge >= 0.3 is 12.1 Å².